The van der Waals surface area contributed by atoms with Gasteiger partial charge in [0.25, 0.3) is 10.0 Å². The second-order valence-corrected chi connectivity index (χ2v) is 12.2. The summed E-state index contributed by atoms with van der Waals surface area (Å²) in [4.78, 5) is 15.4. The van der Waals surface area contributed by atoms with E-state index < -0.39 is 10.0 Å². The molecule has 1 amide bonds. The van der Waals surface area contributed by atoms with E-state index in [0.717, 1.165) is 37.5 Å². The van der Waals surface area contributed by atoms with Gasteiger partial charge in [0, 0.05) is 32.7 Å². The Bertz CT molecular complexity index is 1010. The molecule has 0 radical (unpaired) electrons. The van der Waals surface area contributed by atoms with Gasteiger partial charge in [0.2, 0.25) is 5.91 Å². The van der Waals surface area contributed by atoms with Gasteiger partial charge in [-0.25, -0.2) is 8.42 Å². The largest absolute Gasteiger partial charge is 0.352 e. The number of carbonyl (C=O) groups excluding carboxylic acids is 1. The lowest BCUT2D eigenvalue weighted by atomic mass is 9.98. The summed E-state index contributed by atoms with van der Waals surface area (Å²) < 4.78 is 27.5. The van der Waals surface area contributed by atoms with E-state index in [0.29, 0.717) is 23.7 Å². The van der Waals surface area contributed by atoms with E-state index in [2.05, 4.69) is 35.3 Å². The van der Waals surface area contributed by atoms with Crippen molar-refractivity contribution in [3.63, 3.8) is 0 Å². The number of piperidine rings is 2. The summed E-state index contributed by atoms with van der Waals surface area (Å²) in [5.41, 5.74) is 2.39. The SMILES string of the molecule is CC1CCCN(Cc2ccccc2CNC(=O)C2CCCN(S(=O)(=O)c3cccs3)C2)C1. The smallest absolute Gasteiger partial charge is 0.252 e. The molecule has 2 atom stereocenters. The van der Waals surface area contributed by atoms with Crippen LogP contribution < -0.4 is 5.32 Å². The summed E-state index contributed by atoms with van der Waals surface area (Å²) >= 11 is 1.22. The van der Waals surface area contributed by atoms with Crippen molar-refractivity contribution in [2.45, 2.75) is 49.9 Å². The molecule has 2 aliphatic rings. The fourth-order valence-electron chi connectivity index (χ4n) is 4.79. The molecule has 2 aromatic rings. The molecule has 32 heavy (non-hydrogen) atoms. The van der Waals surface area contributed by atoms with Gasteiger partial charge in [-0.1, -0.05) is 37.3 Å². The van der Waals surface area contributed by atoms with Crippen LogP contribution in [0.1, 0.15) is 43.7 Å². The molecule has 8 heteroatoms. The van der Waals surface area contributed by atoms with E-state index in [-0.39, 0.29) is 18.4 Å². The van der Waals surface area contributed by atoms with Gasteiger partial charge in [-0.3, -0.25) is 9.69 Å². The first kappa shape index (κ1) is 23.4. The number of hydrogen-bond acceptors (Lipinski definition) is 5. The molecule has 1 N–H and O–H groups in total. The van der Waals surface area contributed by atoms with Crippen LogP contribution in [0.15, 0.2) is 46.0 Å². The third-order valence-corrected chi connectivity index (χ3v) is 9.79. The number of hydrogen-bond donors (Lipinski definition) is 1. The molecule has 2 fully saturated rings. The predicted molar refractivity (Wildman–Crippen MR) is 128 cm³/mol. The van der Waals surface area contributed by atoms with Crippen LogP contribution in [0.4, 0.5) is 0 Å². The minimum absolute atomic E-state index is 0.0579. The third kappa shape index (κ3) is 5.60. The lowest BCUT2D eigenvalue weighted by molar-refractivity contribution is -0.126. The topological polar surface area (TPSA) is 69.7 Å². The van der Waals surface area contributed by atoms with Gasteiger partial charge in [-0.15, -0.1) is 11.3 Å². The van der Waals surface area contributed by atoms with E-state index in [1.165, 1.54) is 34.0 Å². The van der Waals surface area contributed by atoms with Gasteiger partial charge in [0.1, 0.15) is 4.21 Å². The molecular weight excluding hydrogens is 442 g/mol. The minimum atomic E-state index is -3.51. The molecule has 1 aromatic carbocycles. The van der Waals surface area contributed by atoms with E-state index in [1.807, 2.05) is 6.07 Å². The van der Waals surface area contributed by atoms with Crippen molar-refractivity contribution >= 4 is 27.3 Å². The number of thiophene rings is 1. The number of carbonyl (C=O) groups is 1. The van der Waals surface area contributed by atoms with E-state index in [1.54, 1.807) is 17.5 Å². The Kier molecular flexibility index (Phi) is 7.66. The Hall–Kier alpha value is -1.74. The molecule has 1 aromatic heterocycles. The molecule has 0 spiro atoms. The van der Waals surface area contributed by atoms with Crippen LogP contribution >= 0.6 is 11.3 Å². The average Bonchev–Trinajstić information content (AvgIpc) is 3.34. The summed E-state index contributed by atoms with van der Waals surface area (Å²) in [6.07, 6.45) is 3.96. The summed E-state index contributed by atoms with van der Waals surface area (Å²) in [5.74, 6) is 0.362. The fourth-order valence-corrected chi connectivity index (χ4v) is 7.46. The maximum atomic E-state index is 12.9. The first-order valence-electron chi connectivity index (χ1n) is 11.5. The van der Waals surface area contributed by atoms with Crippen molar-refractivity contribution in [3.05, 3.63) is 52.9 Å². The first-order chi connectivity index (χ1) is 15.4. The Morgan fingerprint density at radius 3 is 2.59 bits per heavy atom. The van der Waals surface area contributed by atoms with Gasteiger partial charge >= 0.3 is 0 Å². The molecular formula is C24H33N3O3S2. The lowest BCUT2D eigenvalue weighted by Gasteiger charge is -2.32. The molecule has 2 unspecified atom stereocenters. The van der Waals surface area contributed by atoms with Crippen LogP contribution in [-0.2, 0) is 27.9 Å². The quantitative estimate of drug-likeness (QED) is 0.663. The zero-order valence-electron chi connectivity index (χ0n) is 18.7. The van der Waals surface area contributed by atoms with Crippen molar-refractivity contribution < 1.29 is 13.2 Å². The summed E-state index contributed by atoms with van der Waals surface area (Å²) in [5, 5.41) is 4.85. The van der Waals surface area contributed by atoms with Crippen LogP contribution in [0, 0.1) is 11.8 Å². The van der Waals surface area contributed by atoms with Gasteiger partial charge in [-0.2, -0.15) is 4.31 Å². The first-order valence-corrected chi connectivity index (χ1v) is 13.9. The zero-order valence-corrected chi connectivity index (χ0v) is 20.3. The second-order valence-electron chi connectivity index (χ2n) is 9.10. The molecule has 174 valence electrons. The van der Waals surface area contributed by atoms with Crippen molar-refractivity contribution in [1.82, 2.24) is 14.5 Å². The number of benzene rings is 1. The number of nitrogens with one attached hydrogen (secondary N) is 1. The van der Waals surface area contributed by atoms with Crippen LogP contribution in [0.3, 0.4) is 0 Å². The number of nitrogens with zero attached hydrogens (tertiary/aromatic N) is 2. The molecule has 6 nitrogen and oxygen atoms in total. The Morgan fingerprint density at radius 1 is 1.06 bits per heavy atom. The highest BCUT2D eigenvalue weighted by atomic mass is 32.2. The number of rotatable bonds is 7. The molecule has 2 saturated heterocycles. The molecule has 2 aliphatic heterocycles. The average molecular weight is 476 g/mol. The van der Waals surface area contributed by atoms with Crippen LogP contribution in [0.25, 0.3) is 0 Å². The van der Waals surface area contributed by atoms with Crippen LogP contribution in [-0.4, -0.2) is 49.7 Å². The predicted octanol–water partition coefficient (Wildman–Crippen LogP) is 3.70. The molecule has 0 aliphatic carbocycles. The van der Waals surface area contributed by atoms with Gasteiger partial charge in [-0.05, 0) is 60.7 Å². The standard InChI is InChI=1S/C24H33N3O3S2/c1-19-7-4-12-26(16-19)17-21-9-3-2-8-20(21)15-25-24(28)22-10-5-13-27(18-22)32(29,30)23-11-6-14-31-23/h2-3,6,8-9,11,14,19,22H,4-5,7,10,12-13,15-18H2,1H3,(H,25,28). The molecule has 3 heterocycles. The van der Waals surface area contributed by atoms with Crippen LogP contribution in [0.5, 0.6) is 0 Å². The molecule has 4 rings (SSSR count). The summed E-state index contributed by atoms with van der Waals surface area (Å²) in [6.45, 7) is 6.67. The number of likely N-dealkylation sites (tertiary alicyclic amines) is 1. The maximum Gasteiger partial charge on any atom is 0.252 e. The highest BCUT2D eigenvalue weighted by Crippen LogP contribution is 2.26. The van der Waals surface area contributed by atoms with Crippen molar-refractivity contribution in [2.24, 2.45) is 11.8 Å². The van der Waals surface area contributed by atoms with Gasteiger partial charge in [0.05, 0.1) is 5.92 Å². The van der Waals surface area contributed by atoms with E-state index >= 15 is 0 Å². The second kappa shape index (κ2) is 10.5. The maximum absolute atomic E-state index is 12.9. The Labute approximate surface area is 195 Å². The molecule has 0 bridgehead atoms. The Morgan fingerprint density at radius 2 is 1.84 bits per heavy atom. The zero-order chi connectivity index (χ0) is 22.6. The van der Waals surface area contributed by atoms with Gasteiger partial charge in [0.15, 0.2) is 0 Å². The van der Waals surface area contributed by atoms with Crippen molar-refractivity contribution in [1.29, 1.82) is 0 Å². The highest BCUT2D eigenvalue weighted by molar-refractivity contribution is 7.91. The lowest BCUT2D eigenvalue weighted by Crippen LogP contribution is -2.45. The fraction of sp³-hybridized carbons (Fsp3) is 0.542. The number of amides is 1. The normalized spacial score (nSPS) is 23.2. The van der Waals surface area contributed by atoms with Crippen molar-refractivity contribution in [3.8, 4) is 0 Å². The third-order valence-electron chi connectivity index (χ3n) is 6.55. The van der Waals surface area contributed by atoms with Crippen molar-refractivity contribution in [2.75, 3.05) is 26.2 Å². The minimum Gasteiger partial charge on any atom is -0.352 e. The summed E-state index contributed by atoms with van der Waals surface area (Å²) in [6, 6.07) is 11.7. The summed E-state index contributed by atoms with van der Waals surface area (Å²) in [7, 11) is -3.51. The van der Waals surface area contributed by atoms with Gasteiger partial charge < -0.3 is 5.32 Å². The number of sulfonamides is 1. The molecule has 0 saturated carbocycles. The van der Waals surface area contributed by atoms with Crippen LogP contribution in [0.2, 0.25) is 0 Å². The monoisotopic (exact) mass is 475 g/mol. The Balaban J connectivity index is 1.36. The van der Waals surface area contributed by atoms with E-state index in [9.17, 15) is 13.2 Å². The van der Waals surface area contributed by atoms with E-state index in [4.69, 9.17) is 0 Å². The highest BCUT2D eigenvalue weighted by Gasteiger charge is 2.33.